The van der Waals surface area contributed by atoms with Gasteiger partial charge < -0.3 is 10.1 Å². The van der Waals surface area contributed by atoms with Crippen LogP contribution in [0.5, 0.6) is 0 Å². The minimum absolute atomic E-state index is 0.297. The highest BCUT2D eigenvalue weighted by Gasteiger charge is 2.33. The van der Waals surface area contributed by atoms with Gasteiger partial charge in [0.2, 0.25) is 0 Å². The van der Waals surface area contributed by atoms with Gasteiger partial charge in [-0.25, -0.2) is 18.9 Å². The van der Waals surface area contributed by atoms with Crippen molar-refractivity contribution in [3.8, 4) is 0 Å². The second kappa shape index (κ2) is 5.84. The van der Waals surface area contributed by atoms with E-state index >= 15 is 0 Å². The molecular formula is C14H14FN5O2. The van der Waals surface area contributed by atoms with Crippen LogP contribution in [0.3, 0.4) is 0 Å². The van der Waals surface area contributed by atoms with E-state index in [2.05, 4.69) is 22.0 Å². The quantitative estimate of drug-likeness (QED) is 0.914. The number of aromatic nitrogens is 3. The Morgan fingerprint density at radius 3 is 3.09 bits per heavy atom. The van der Waals surface area contributed by atoms with Gasteiger partial charge in [-0.2, -0.15) is 5.10 Å². The number of nitrogens with one attached hydrogen (secondary N) is 1. The number of cyclic esters (lactones) is 1. The van der Waals surface area contributed by atoms with Crippen LogP contribution in [-0.4, -0.2) is 33.5 Å². The molecule has 1 unspecified atom stereocenters. The first-order chi connectivity index (χ1) is 10.7. The Hall–Kier alpha value is -2.90. The first-order valence-electron chi connectivity index (χ1n) is 6.65. The fourth-order valence-electron chi connectivity index (χ4n) is 2.26. The van der Waals surface area contributed by atoms with E-state index in [0.29, 0.717) is 24.5 Å². The molecule has 1 atom stereocenters. The van der Waals surface area contributed by atoms with Crippen molar-refractivity contribution in [1.82, 2.24) is 14.8 Å². The van der Waals surface area contributed by atoms with Crippen molar-refractivity contribution in [2.24, 2.45) is 0 Å². The summed E-state index contributed by atoms with van der Waals surface area (Å²) < 4.78 is 20.8. The highest BCUT2D eigenvalue weighted by Crippen LogP contribution is 2.26. The maximum Gasteiger partial charge on any atom is 0.414 e. The van der Waals surface area contributed by atoms with Crippen LogP contribution in [0, 0.1) is 5.82 Å². The lowest BCUT2D eigenvalue weighted by Crippen LogP contribution is -2.26. The summed E-state index contributed by atoms with van der Waals surface area (Å²) in [6, 6.07) is 4.48. The fourth-order valence-corrected chi connectivity index (χ4v) is 2.26. The monoisotopic (exact) mass is 303 g/mol. The van der Waals surface area contributed by atoms with Crippen LogP contribution in [0.2, 0.25) is 0 Å². The number of carbonyl (C=O) groups excluding carboxylic acids is 1. The number of hydrogen-bond donors (Lipinski definition) is 1. The average Bonchev–Trinajstić information content (AvgIpc) is 3.12. The normalized spacial score (nSPS) is 17.4. The molecule has 1 aromatic carbocycles. The number of ether oxygens (including phenoxy) is 1. The van der Waals surface area contributed by atoms with E-state index in [1.807, 2.05) is 0 Å². The zero-order valence-corrected chi connectivity index (χ0v) is 11.6. The van der Waals surface area contributed by atoms with Gasteiger partial charge >= 0.3 is 6.09 Å². The molecule has 2 aromatic rings. The highest BCUT2D eigenvalue weighted by atomic mass is 19.1. The van der Waals surface area contributed by atoms with E-state index in [9.17, 15) is 9.18 Å². The minimum Gasteiger partial charge on any atom is -0.442 e. The van der Waals surface area contributed by atoms with Gasteiger partial charge in [-0.1, -0.05) is 6.58 Å². The van der Waals surface area contributed by atoms with Gasteiger partial charge in [-0.05, 0) is 24.4 Å². The molecule has 1 amide bonds. The first kappa shape index (κ1) is 14.1. The Morgan fingerprint density at radius 1 is 1.55 bits per heavy atom. The van der Waals surface area contributed by atoms with E-state index < -0.39 is 11.9 Å². The molecular weight excluding hydrogens is 289 g/mol. The molecule has 1 aromatic heterocycles. The molecule has 1 fully saturated rings. The van der Waals surface area contributed by atoms with Crippen LogP contribution in [0.25, 0.3) is 0 Å². The number of benzene rings is 1. The van der Waals surface area contributed by atoms with Crippen LogP contribution in [-0.2, 0) is 11.3 Å². The number of hydrogen-bond acceptors (Lipinski definition) is 5. The third-order valence-corrected chi connectivity index (χ3v) is 3.25. The number of anilines is 2. The summed E-state index contributed by atoms with van der Waals surface area (Å²) >= 11 is 0. The lowest BCUT2D eigenvalue weighted by Gasteiger charge is -2.14. The molecule has 114 valence electrons. The molecule has 22 heavy (non-hydrogen) atoms. The molecule has 3 rings (SSSR count). The van der Waals surface area contributed by atoms with E-state index in [4.69, 9.17) is 4.74 Å². The molecule has 1 saturated heterocycles. The lowest BCUT2D eigenvalue weighted by molar-refractivity contribution is 0.129. The second-order valence-corrected chi connectivity index (χ2v) is 4.75. The van der Waals surface area contributed by atoms with Crippen LogP contribution in [0.15, 0.2) is 43.6 Å². The number of rotatable bonds is 5. The zero-order chi connectivity index (χ0) is 15.5. The molecule has 0 saturated carbocycles. The van der Waals surface area contributed by atoms with Crippen molar-refractivity contribution in [1.29, 1.82) is 0 Å². The van der Waals surface area contributed by atoms with Crippen molar-refractivity contribution in [2.75, 3.05) is 16.8 Å². The van der Waals surface area contributed by atoms with Crippen molar-refractivity contribution in [2.45, 2.75) is 12.6 Å². The largest absolute Gasteiger partial charge is 0.442 e. The predicted octanol–water partition coefficient (Wildman–Crippen LogP) is 2.00. The third kappa shape index (κ3) is 2.76. The molecule has 1 aliphatic rings. The van der Waals surface area contributed by atoms with Gasteiger partial charge in [-0.15, -0.1) is 0 Å². The summed E-state index contributed by atoms with van der Waals surface area (Å²) in [6.45, 7) is 4.21. The van der Waals surface area contributed by atoms with Gasteiger partial charge in [0.25, 0.3) is 0 Å². The molecule has 7 nitrogen and oxygen atoms in total. The maximum atomic E-state index is 13.9. The zero-order valence-electron chi connectivity index (χ0n) is 11.6. The number of carbonyl (C=O) groups is 1. The summed E-state index contributed by atoms with van der Waals surface area (Å²) in [7, 11) is 0. The van der Waals surface area contributed by atoms with Crippen molar-refractivity contribution >= 4 is 17.5 Å². The van der Waals surface area contributed by atoms with Crippen molar-refractivity contribution in [3.63, 3.8) is 0 Å². The van der Waals surface area contributed by atoms with E-state index in [-0.39, 0.29) is 6.10 Å². The third-order valence-electron chi connectivity index (χ3n) is 3.25. The van der Waals surface area contributed by atoms with Crippen LogP contribution in [0.1, 0.15) is 0 Å². The summed E-state index contributed by atoms with van der Waals surface area (Å²) in [5.41, 5.74) is 0.740. The smallest absolute Gasteiger partial charge is 0.414 e. The fraction of sp³-hybridized carbons (Fsp3) is 0.214. The maximum absolute atomic E-state index is 13.9. The summed E-state index contributed by atoms with van der Waals surface area (Å²) in [4.78, 5) is 17.2. The molecule has 0 radical (unpaired) electrons. The Morgan fingerprint density at radius 2 is 2.41 bits per heavy atom. The predicted molar refractivity (Wildman–Crippen MR) is 77.9 cm³/mol. The van der Waals surface area contributed by atoms with Crippen molar-refractivity contribution in [3.05, 3.63) is 49.4 Å². The van der Waals surface area contributed by atoms with Gasteiger partial charge in [0.05, 0.1) is 24.5 Å². The molecule has 1 N–H and O–H groups in total. The Balaban J connectivity index is 1.73. The van der Waals surface area contributed by atoms with E-state index in [0.717, 1.165) is 0 Å². The summed E-state index contributed by atoms with van der Waals surface area (Å²) in [6.07, 6.45) is 3.48. The number of halogens is 1. The molecule has 8 heteroatoms. The SMILES string of the molecule is C=CNc1ccc(N2CC(Cn3cncn3)OC2=O)cc1F. The minimum atomic E-state index is -0.506. The standard InChI is InChI=1S/C14H14FN5O2/c1-2-17-13-4-3-10(5-12(13)15)20-7-11(22-14(20)21)6-19-9-16-8-18-19/h2-5,8-9,11,17H,1,6-7H2. The molecule has 0 aliphatic carbocycles. The summed E-state index contributed by atoms with van der Waals surface area (Å²) in [5.74, 6) is -0.468. The second-order valence-electron chi connectivity index (χ2n) is 4.75. The van der Waals surface area contributed by atoms with E-state index in [1.165, 1.54) is 23.5 Å². The Kier molecular flexibility index (Phi) is 3.73. The van der Waals surface area contributed by atoms with Gasteiger partial charge in [-0.3, -0.25) is 4.90 Å². The number of nitrogens with zero attached hydrogens (tertiary/aromatic N) is 4. The van der Waals surface area contributed by atoms with Gasteiger partial charge in [0.1, 0.15) is 24.6 Å². The highest BCUT2D eigenvalue weighted by molar-refractivity contribution is 5.90. The lowest BCUT2D eigenvalue weighted by atomic mass is 10.2. The van der Waals surface area contributed by atoms with Crippen LogP contribution < -0.4 is 10.2 Å². The van der Waals surface area contributed by atoms with Crippen LogP contribution in [0.4, 0.5) is 20.6 Å². The molecule has 2 heterocycles. The summed E-state index contributed by atoms with van der Waals surface area (Å²) in [5, 5.41) is 6.65. The van der Waals surface area contributed by atoms with Crippen LogP contribution >= 0.6 is 0 Å². The first-order valence-corrected chi connectivity index (χ1v) is 6.65. The average molecular weight is 303 g/mol. The van der Waals surface area contributed by atoms with Gasteiger partial charge in [0.15, 0.2) is 0 Å². The topological polar surface area (TPSA) is 72.3 Å². The number of amides is 1. The molecule has 1 aliphatic heterocycles. The Labute approximate surface area is 126 Å². The van der Waals surface area contributed by atoms with Gasteiger partial charge in [0, 0.05) is 0 Å². The van der Waals surface area contributed by atoms with E-state index in [1.54, 1.807) is 23.1 Å². The molecule has 0 spiro atoms. The Bertz CT molecular complexity index is 689. The molecule has 0 bridgehead atoms. The van der Waals surface area contributed by atoms with Crippen molar-refractivity contribution < 1.29 is 13.9 Å².